The Balaban J connectivity index is 1.60. The molecule has 0 saturated heterocycles. The van der Waals surface area contributed by atoms with Crippen LogP contribution in [0.15, 0.2) is 29.5 Å². The van der Waals surface area contributed by atoms with Gasteiger partial charge in [-0.3, -0.25) is 0 Å². The van der Waals surface area contributed by atoms with Gasteiger partial charge in [-0.15, -0.1) is 10.2 Å². The number of aliphatic imine (C=N–C) groups is 1. The van der Waals surface area contributed by atoms with Crippen LogP contribution in [0, 0.1) is 0 Å². The van der Waals surface area contributed by atoms with E-state index in [1.165, 1.54) is 12.8 Å². The highest BCUT2D eigenvalue weighted by Gasteiger charge is 2.18. The summed E-state index contributed by atoms with van der Waals surface area (Å²) >= 11 is 0. The molecule has 1 saturated carbocycles. The monoisotopic (exact) mass is 414 g/mol. The second kappa shape index (κ2) is 11.4. The van der Waals surface area contributed by atoms with Gasteiger partial charge in [0.25, 0.3) is 0 Å². The van der Waals surface area contributed by atoms with E-state index >= 15 is 0 Å². The fourth-order valence-corrected chi connectivity index (χ4v) is 3.64. The summed E-state index contributed by atoms with van der Waals surface area (Å²) in [7, 11) is 1.68. The van der Waals surface area contributed by atoms with Crippen molar-refractivity contribution in [2.45, 2.75) is 65.1 Å². The number of aromatic nitrogens is 3. The molecule has 3 rings (SSSR count). The highest BCUT2D eigenvalue weighted by atomic mass is 16.5. The van der Waals surface area contributed by atoms with Gasteiger partial charge in [0.2, 0.25) is 0 Å². The zero-order chi connectivity index (χ0) is 21.2. The smallest absolute Gasteiger partial charge is 0.191 e. The number of nitrogens with one attached hydrogen (secondary N) is 2. The molecule has 0 amide bonds. The molecule has 8 nitrogen and oxygen atoms in total. The van der Waals surface area contributed by atoms with Crippen LogP contribution < -0.4 is 20.1 Å². The van der Waals surface area contributed by atoms with E-state index in [1.807, 2.05) is 12.1 Å². The Hall–Kier alpha value is -2.77. The predicted octanol–water partition coefficient (Wildman–Crippen LogP) is 2.93. The Bertz CT molecular complexity index is 814. The second-order valence-electron chi connectivity index (χ2n) is 7.43. The van der Waals surface area contributed by atoms with Crippen molar-refractivity contribution in [2.75, 3.05) is 20.2 Å². The van der Waals surface area contributed by atoms with Gasteiger partial charge in [-0.1, -0.05) is 13.0 Å². The molecule has 2 N–H and O–H groups in total. The molecule has 0 atom stereocenters. The lowest BCUT2D eigenvalue weighted by molar-refractivity contribution is 0.200. The number of ether oxygens (including phenoxy) is 2. The van der Waals surface area contributed by atoms with Crippen molar-refractivity contribution in [3.8, 4) is 11.5 Å². The van der Waals surface area contributed by atoms with Gasteiger partial charge in [0, 0.05) is 26.1 Å². The minimum Gasteiger partial charge on any atom is -0.493 e. The van der Waals surface area contributed by atoms with E-state index in [0.29, 0.717) is 12.6 Å². The molecule has 1 fully saturated rings. The molecule has 0 aliphatic heterocycles. The van der Waals surface area contributed by atoms with Crippen LogP contribution in [0.4, 0.5) is 0 Å². The molecule has 164 valence electrons. The summed E-state index contributed by atoms with van der Waals surface area (Å²) < 4.78 is 13.7. The van der Waals surface area contributed by atoms with E-state index in [4.69, 9.17) is 14.5 Å². The first-order chi connectivity index (χ1) is 14.7. The first-order valence-corrected chi connectivity index (χ1v) is 11.0. The van der Waals surface area contributed by atoms with Gasteiger partial charge in [0.05, 0.1) is 19.8 Å². The zero-order valence-corrected chi connectivity index (χ0v) is 18.4. The van der Waals surface area contributed by atoms with Crippen molar-refractivity contribution >= 4 is 5.96 Å². The maximum absolute atomic E-state index is 6.20. The number of rotatable bonds is 10. The summed E-state index contributed by atoms with van der Waals surface area (Å²) in [4.78, 5) is 4.73. The summed E-state index contributed by atoms with van der Waals surface area (Å²) in [5, 5.41) is 14.8. The summed E-state index contributed by atoms with van der Waals surface area (Å²) in [5.41, 5.74) is 1.09. The van der Waals surface area contributed by atoms with Crippen molar-refractivity contribution in [1.29, 1.82) is 0 Å². The first kappa shape index (κ1) is 21.9. The summed E-state index contributed by atoms with van der Waals surface area (Å²) in [6.07, 6.45) is 7.65. The molecule has 1 aliphatic carbocycles. The lowest BCUT2D eigenvalue weighted by Gasteiger charge is -2.17. The molecule has 30 heavy (non-hydrogen) atoms. The molecular weight excluding hydrogens is 380 g/mol. The molecule has 1 aromatic heterocycles. The third kappa shape index (κ3) is 6.11. The van der Waals surface area contributed by atoms with E-state index in [2.05, 4.69) is 45.3 Å². The van der Waals surface area contributed by atoms with Gasteiger partial charge in [-0.25, -0.2) is 4.99 Å². The van der Waals surface area contributed by atoms with Gasteiger partial charge < -0.3 is 24.7 Å². The Morgan fingerprint density at radius 3 is 2.77 bits per heavy atom. The van der Waals surface area contributed by atoms with Crippen LogP contribution in [0.25, 0.3) is 0 Å². The number of guanidine groups is 1. The average molecular weight is 415 g/mol. The van der Waals surface area contributed by atoms with Gasteiger partial charge in [-0.2, -0.15) is 0 Å². The van der Waals surface area contributed by atoms with Crippen LogP contribution in [-0.4, -0.2) is 47.0 Å². The number of aryl methyl sites for hydroxylation is 1. The third-order valence-electron chi connectivity index (χ3n) is 5.24. The maximum Gasteiger partial charge on any atom is 0.191 e. The van der Waals surface area contributed by atoms with Gasteiger partial charge >= 0.3 is 0 Å². The number of methoxy groups -OCH3 is 1. The van der Waals surface area contributed by atoms with Crippen LogP contribution in [0.3, 0.4) is 0 Å². The van der Waals surface area contributed by atoms with Crippen molar-refractivity contribution in [3.05, 3.63) is 35.9 Å². The van der Waals surface area contributed by atoms with Gasteiger partial charge in [0.15, 0.2) is 17.5 Å². The van der Waals surface area contributed by atoms with Gasteiger partial charge in [-0.05, 0) is 50.3 Å². The molecule has 0 spiro atoms. The molecule has 1 heterocycles. The van der Waals surface area contributed by atoms with Crippen LogP contribution in [0.2, 0.25) is 0 Å². The summed E-state index contributed by atoms with van der Waals surface area (Å²) in [5.74, 6) is 3.37. The molecular formula is C22H34N6O2. The minimum absolute atomic E-state index is 0.294. The largest absolute Gasteiger partial charge is 0.493 e. The zero-order valence-electron chi connectivity index (χ0n) is 18.4. The van der Waals surface area contributed by atoms with E-state index in [0.717, 1.165) is 67.7 Å². The fraction of sp³-hybridized carbons (Fsp3) is 0.591. The molecule has 0 radical (unpaired) electrons. The van der Waals surface area contributed by atoms with E-state index < -0.39 is 0 Å². The number of hydrogen-bond acceptors (Lipinski definition) is 5. The Kier molecular flexibility index (Phi) is 8.35. The quantitative estimate of drug-likeness (QED) is 0.459. The van der Waals surface area contributed by atoms with E-state index in [-0.39, 0.29) is 0 Å². The number of hydrogen-bond donors (Lipinski definition) is 2. The van der Waals surface area contributed by atoms with Crippen LogP contribution >= 0.6 is 0 Å². The third-order valence-corrected chi connectivity index (χ3v) is 5.24. The molecule has 1 aromatic carbocycles. The topological polar surface area (TPSA) is 85.6 Å². The highest BCUT2D eigenvalue weighted by Crippen LogP contribution is 2.32. The summed E-state index contributed by atoms with van der Waals surface area (Å²) in [6.45, 7) is 7.05. The second-order valence-corrected chi connectivity index (χ2v) is 7.43. The standard InChI is InChI=1S/C22H34N6O2/c1-4-21-27-26-16-28(21)13-12-24-22(23-5-2)25-15-17-10-11-19(29-3)20(14-17)30-18-8-6-7-9-18/h10-11,14,16,18H,4-9,12-13,15H2,1-3H3,(H2,23,24,25). The Morgan fingerprint density at radius 2 is 2.03 bits per heavy atom. The first-order valence-electron chi connectivity index (χ1n) is 11.0. The predicted molar refractivity (Wildman–Crippen MR) is 118 cm³/mol. The lowest BCUT2D eigenvalue weighted by Crippen LogP contribution is -2.38. The molecule has 8 heteroatoms. The lowest BCUT2D eigenvalue weighted by atomic mass is 10.2. The molecule has 2 aromatic rings. The Morgan fingerprint density at radius 1 is 1.20 bits per heavy atom. The van der Waals surface area contributed by atoms with Crippen LogP contribution in [0.5, 0.6) is 11.5 Å². The fourth-order valence-electron chi connectivity index (χ4n) is 3.64. The van der Waals surface area contributed by atoms with E-state index in [9.17, 15) is 0 Å². The van der Waals surface area contributed by atoms with Crippen molar-refractivity contribution in [2.24, 2.45) is 4.99 Å². The molecule has 1 aliphatic rings. The van der Waals surface area contributed by atoms with Crippen molar-refractivity contribution < 1.29 is 9.47 Å². The Labute approximate surface area is 179 Å². The normalized spacial score (nSPS) is 14.7. The minimum atomic E-state index is 0.294. The maximum atomic E-state index is 6.20. The van der Waals surface area contributed by atoms with Crippen molar-refractivity contribution in [3.63, 3.8) is 0 Å². The van der Waals surface area contributed by atoms with E-state index in [1.54, 1.807) is 13.4 Å². The average Bonchev–Trinajstić information content (AvgIpc) is 3.44. The van der Waals surface area contributed by atoms with Crippen LogP contribution in [-0.2, 0) is 19.5 Å². The molecule has 0 unspecified atom stereocenters. The van der Waals surface area contributed by atoms with Crippen LogP contribution in [0.1, 0.15) is 50.9 Å². The SMILES string of the molecule is CCNC(=NCc1ccc(OC)c(OC2CCCC2)c1)NCCn1cnnc1CC. The number of nitrogens with zero attached hydrogens (tertiary/aromatic N) is 4. The molecule has 0 bridgehead atoms. The number of benzene rings is 1. The van der Waals surface area contributed by atoms with Gasteiger partial charge in [0.1, 0.15) is 12.2 Å². The van der Waals surface area contributed by atoms with Crippen molar-refractivity contribution in [1.82, 2.24) is 25.4 Å². The highest BCUT2D eigenvalue weighted by molar-refractivity contribution is 5.79. The summed E-state index contributed by atoms with van der Waals surface area (Å²) in [6, 6.07) is 6.06.